The van der Waals surface area contributed by atoms with Crippen LogP contribution >= 0.6 is 0 Å². The number of imidazole rings is 1. The first kappa shape index (κ1) is 37.3. The summed E-state index contributed by atoms with van der Waals surface area (Å²) in [7, 11) is -1.58. The predicted octanol–water partition coefficient (Wildman–Crippen LogP) is 11.5. The van der Waals surface area contributed by atoms with Gasteiger partial charge in [-0.15, -0.1) is 29.7 Å². The number of benzene rings is 7. The van der Waals surface area contributed by atoms with Crippen molar-refractivity contribution >= 4 is 46.1 Å². The molecule has 0 aliphatic rings. The first-order valence-corrected chi connectivity index (χ1v) is 22.7. The van der Waals surface area contributed by atoms with Gasteiger partial charge in [0.05, 0.1) is 24.8 Å². The zero-order chi connectivity index (χ0) is 38.5. The Kier molecular flexibility index (Phi) is 9.77. The van der Waals surface area contributed by atoms with E-state index in [9.17, 15) is 0 Å². The fourth-order valence-electron chi connectivity index (χ4n) is 7.81. The van der Waals surface area contributed by atoms with Gasteiger partial charge in [0.1, 0.15) is 5.82 Å². The summed E-state index contributed by atoms with van der Waals surface area (Å²) in [6.07, 6.45) is 5.67. The first-order chi connectivity index (χ1) is 27.9. The van der Waals surface area contributed by atoms with E-state index in [1.165, 1.54) is 5.19 Å². The van der Waals surface area contributed by atoms with Crippen LogP contribution in [0.15, 0.2) is 176 Å². The number of ether oxygens (including phenoxy) is 1. The first-order valence-electron chi connectivity index (χ1n) is 19.2. The molecule has 0 fully saturated rings. The molecule has 10 rings (SSSR count). The molecule has 0 aliphatic carbocycles. The SMILES string of the molecule is C[Si](C)(C)c1ccnc(-n2c3[c-]c(Oc4[c-]c(-n5[c-][n+](-c6c(-c7ccccc7)cccc6-c6ccccc6)c6ccccc65)ccc4)ccc3c3ccccc32)c1.[Pt]. The van der Waals surface area contributed by atoms with Crippen LogP contribution in [-0.2, 0) is 21.1 Å². The third-order valence-electron chi connectivity index (χ3n) is 10.6. The summed E-state index contributed by atoms with van der Waals surface area (Å²) in [6, 6.07) is 66.2. The number of rotatable bonds is 8. The van der Waals surface area contributed by atoms with Gasteiger partial charge in [0, 0.05) is 44.3 Å². The standard InChI is InChI=1S/C51H38N4OSi.Pt/c1-57(2,3)41-30-31-52-50(34-41)55-46-25-11-10-22-44(46)45-29-28-40(33-49(45)55)56-39-21-14-20-38(32-39)53-35-54(48-27-13-12-26-47(48)53)51-42(36-16-6-4-7-17-36)23-15-24-43(51)37-18-8-5-9-19-37;/h4-31,34H,1-3H3;/q-2;. The van der Waals surface area contributed by atoms with Crippen LogP contribution in [0, 0.1) is 18.5 Å². The average Bonchev–Trinajstić information content (AvgIpc) is 3.80. The molecular weight excluding hydrogens is 908 g/mol. The number of fused-ring (bicyclic) bond motifs is 4. The van der Waals surface area contributed by atoms with Crippen LogP contribution in [0.5, 0.6) is 11.5 Å². The van der Waals surface area contributed by atoms with E-state index in [1.807, 2.05) is 30.5 Å². The number of nitrogens with zero attached hydrogens (tertiary/aromatic N) is 4. The fourth-order valence-corrected chi connectivity index (χ4v) is 8.95. The van der Waals surface area contributed by atoms with Crippen LogP contribution in [0.25, 0.3) is 72.3 Å². The molecule has 0 aliphatic heterocycles. The van der Waals surface area contributed by atoms with Crippen molar-refractivity contribution < 1.29 is 30.4 Å². The molecule has 0 spiro atoms. The van der Waals surface area contributed by atoms with Gasteiger partial charge in [0.2, 0.25) is 0 Å². The Morgan fingerprint density at radius 3 is 1.95 bits per heavy atom. The van der Waals surface area contributed by atoms with E-state index in [-0.39, 0.29) is 21.1 Å². The Hall–Kier alpha value is -6.33. The summed E-state index contributed by atoms with van der Waals surface area (Å²) in [5.74, 6) is 2.06. The molecule has 3 aromatic heterocycles. The Bertz CT molecular complexity index is 3040. The smallest absolute Gasteiger partial charge is 0.268 e. The molecule has 0 amide bonds. The molecule has 0 radical (unpaired) electrons. The quantitative estimate of drug-likeness (QED) is 0.0864. The molecule has 0 atom stereocenters. The maximum Gasteiger partial charge on any atom is 0.268 e. The van der Waals surface area contributed by atoms with Gasteiger partial charge in [0.25, 0.3) is 6.33 Å². The molecule has 284 valence electrons. The van der Waals surface area contributed by atoms with Crippen molar-refractivity contribution in [2.75, 3.05) is 0 Å². The molecule has 3 heterocycles. The van der Waals surface area contributed by atoms with Gasteiger partial charge in [-0.1, -0.05) is 152 Å². The van der Waals surface area contributed by atoms with Crippen molar-refractivity contribution in [3.63, 3.8) is 0 Å². The monoisotopic (exact) mass is 945 g/mol. The summed E-state index contributed by atoms with van der Waals surface area (Å²) in [5, 5.41) is 3.60. The van der Waals surface area contributed by atoms with Crippen LogP contribution < -0.4 is 14.5 Å². The largest absolute Gasteiger partial charge is 0.510 e. The van der Waals surface area contributed by atoms with E-state index in [2.05, 4.69) is 197 Å². The molecule has 0 N–H and O–H groups in total. The minimum Gasteiger partial charge on any atom is -0.510 e. The maximum absolute atomic E-state index is 6.60. The Labute approximate surface area is 353 Å². The molecule has 7 heteroatoms. The molecule has 0 saturated heterocycles. The number of hydrogen-bond acceptors (Lipinski definition) is 2. The molecule has 7 aromatic carbocycles. The van der Waals surface area contributed by atoms with E-state index in [4.69, 9.17) is 9.72 Å². The van der Waals surface area contributed by atoms with Crippen molar-refractivity contribution in [1.29, 1.82) is 0 Å². The molecule has 0 unspecified atom stereocenters. The van der Waals surface area contributed by atoms with Crippen LogP contribution in [0.4, 0.5) is 0 Å². The molecule has 5 nitrogen and oxygen atoms in total. The van der Waals surface area contributed by atoms with Crippen molar-refractivity contribution in [2.45, 2.75) is 19.6 Å². The normalized spacial score (nSPS) is 11.6. The second-order valence-electron chi connectivity index (χ2n) is 15.3. The van der Waals surface area contributed by atoms with Crippen LogP contribution in [0.3, 0.4) is 0 Å². The minimum atomic E-state index is -1.58. The van der Waals surface area contributed by atoms with Crippen molar-refractivity contribution in [1.82, 2.24) is 14.1 Å². The second-order valence-corrected chi connectivity index (χ2v) is 20.4. The number of aromatic nitrogens is 4. The van der Waals surface area contributed by atoms with Crippen LogP contribution in [0.1, 0.15) is 0 Å². The maximum atomic E-state index is 6.60. The number of pyridine rings is 1. The second kappa shape index (κ2) is 15.2. The zero-order valence-electron chi connectivity index (χ0n) is 32.3. The van der Waals surface area contributed by atoms with Crippen molar-refractivity contribution in [2.24, 2.45) is 0 Å². The summed E-state index contributed by atoms with van der Waals surface area (Å²) in [6.45, 7) is 7.08. The molecule has 10 aromatic rings. The summed E-state index contributed by atoms with van der Waals surface area (Å²) >= 11 is 0. The topological polar surface area (TPSA) is 35.9 Å². The van der Waals surface area contributed by atoms with E-state index in [0.29, 0.717) is 11.5 Å². The summed E-state index contributed by atoms with van der Waals surface area (Å²) in [5.41, 5.74) is 10.4. The summed E-state index contributed by atoms with van der Waals surface area (Å²) < 4.78 is 13.1. The van der Waals surface area contributed by atoms with E-state index >= 15 is 0 Å². The Morgan fingerprint density at radius 2 is 1.22 bits per heavy atom. The average molecular weight is 946 g/mol. The third-order valence-corrected chi connectivity index (χ3v) is 12.6. The predicted molar refractivity (Wildman–Crippen MR) is 234 cm³/mol. The Morgan fingerprint density at radius 1 is 0.586 bits per heavy atom. The third kappa shape index (κ3) is 6.68. The van der Waals surface area contributed by atoms with Gasteiger partial charge in [-0.3, -0.25) is 4.57 Å². The van der Waals surface area contributed by atoms with E-state index in [1.54, 1.807) is 0 Å². The van der Waals surface area contributed by atoms with Gasteiger partial charge < -0.3 is 13.9 Å². The molecule has 58 heavy (non-hydrogen) atoms. The minimum absolute atomic E-state index is 0. The molecular formula is C51H38N4OPtSi-2. The fraction of sp³-hybridized carbons (Fsp3) is 0.0588. The van der Waals surface area contributed by atoms with Crippen molar-refractivity contribution in [3.05, 3.63) is 195 Å². The number of para-hydroxylation sites is 4. The van der Waals surface area contributed by atoms with E-state index in [0.717, 1.165) is 72.3 Å². The number of hydrogen-bond donors (Lipinski definition) is 0. The molecule has 0 bridgehead atoms. The zero-order valence-corrected chi connectivity index (χ0v) is 35.5. The van der Waals surface area contributed by atoms with Gasteiger partial charge in [-0.25, -0.2) is 4.98 Å². The summed E-state index contributed by atoms with van der Waals surface area (Å²) in [4.78, 5) is 4.86. The van der Waals surface area contributed by atoms with Crippen LogP contribution in [0.2, 0.25) is 19.6 Å². The van der Waals surface area contributed by atoms with Gasteiger partial charge in [-0.2, -0.15) is 18.2 Å². The van der Waals surface area contributed by atoms with E-state index < -0.39 is 8.07 Å². The van der Waals surface area contributed by atoms with Crippen LogP contribution in [-0.4, -0.2) is 22.2 Å². The van der Waals surface area contributed by atoms with Crippen molar-refractivity contribution in [3.8, 4) is 50.9 Å². The Balaban J connectivity index is 0.00000436. The van der Waals surface area contributed by atoms with Gasteiger partial charge in [-0.05, 0) is 51.5 Å². The van der Waals surface area contributed by atoms with Gasteiger partial charge >= 0.3 is 0 Å². The molecule has 0 saturated carbocycles. The van der Waals surface area contributed by atoms with Gasteiger partial charge in [0.15, 0.2) is 0 Å².